The molecule has 5 heteroatoms. The van der Waals surface area contributed by atoms with Crippen LogP contribution in [0.25, 0.3) is 0 Å². The fourth-order valence-corrected chi connectivity index (χ4v) is 1.50. The molecule has 1 amide bonds. The van der Waals surface area contributed by atoms with E-state index in [1.807, 2.05) is 0 Å². The molecule has 0 aromatic heterocycles. The summed E-state index contributed by atoms with van der Waals surface area (Å²) in [5, 5.41) is 11.2. The molecule has 0 bridgehead atoms. The molecular weight excluding hydrogens is 223 g/mol. The Balaban J connectivity index is 2.69. The fourth-order valence-electron chi connectivity index (χ4n) is 1.50. The Morgan fingerprint density at radius 3 is 2.82 bits per heavy atom. The number of hydrogen-bond acceptors (Lipinski definition) is 3. The summed E-state index contributed by atoms with van der Waals surface area (Å²) in [4.78, 5) is 11.7. The number of aliphatic hydroxyl groups excluding tert-OH is 1. The largest absolute Gasteiger partial charge is 0.399 e. The minimum Gasteiger partial charge on any atom is -0.399 e. The number of anilines is 1. The van der Waals surface area contributed by atoms with Crippen LogP contribution in [0.2, 0.25) is 0 Å². The summed E-state index contributed by atoms with van der Waals surface area (Å²) in [5.74, 6) is -1.02. The third-order valence-corrected chi connectivity index (χ3v) is 2.39. The Morgan fingerprint density at radius 1 is 1.47 bits per heavy atom. The van der Waals surface area contributed by atoms with Crippen LogP contribution in [0.5, 0.6) is 0 Å². The Bertz CT molecular complexity index is 408. The average Bonchev–Trinajstić information content (AvgIpc) is 2.29. The number of nitrogens with one attached hydrogen (secondary N) is 1. The molecule has 0 saturated carbocycles. The molecule has 0 spiro atoms. The van der Waals surface area contributed by atoms with Crippen LogP contribution in [0.1, 0.15) is 28.8 Å². The minimum atomic E-state index is -0.543. The van der Waals surface area contributed by atoms with Gasteiger partial charge in [0.15, 0.2) is 0 Å². The highest BCUT2D eigenvalue weighted by Gasteiger charge is 2.13. The van der Waals surface area contributed by atoms with Crippen LogP contribution in [0.3, 0.4) is 0 Å². The summed E-state index contributed by atoms with van der Waals surface area (Å²) in [6, 6.07) is 2.81. The molecule has 0 radical (unpaired) electrons. The third kappa shape index (κ3) is 3.71. The number of halogens is 1. The number of aryl methyl sites for hydroxylation is 1. The number of rotatable bonds is 5. The van der Waals surface area contributed by atoms with Crippen LogP contribution in [-0.4, -0.2) is 24.2 Å². The maximum absolute atomic E-state index is 13.7. The Hall–Kier alpha value is -1.62. The van der Waals surface area contributed by atoms with Gasteiger partial charge in [0.2, 0.25) is 0 Å². The van der Waals surface area contributed by atoms with E-state index in [2.05, 4.69) is 5.32 Å². The van der Waals surface area contributed by atoms with Crippen molar-refractivity contribution >= 4 is 11.6 Å². The Labute approximate surface area is 99.6 Å². The van der Waals surface area contributed by atoms with E-state index >= 15 is 0 Å². The molecule has 1 aromatic rings. The van der Waals surface area contributed by atoms with E-state index in [1.165, 1.54) is 12.1 Å². The first kappa shape index (κ1) is 13.4. The maximum Gasteiger partial charge on any atom is 0.254 e. The van der Waals surface area contributed by atoms with Gasteiger partial charge < -0.3 is 16.2 Å². The van der Waals surface area contributed by atoms with Crippen LogP contribution in [-0.2, 0) is 0 Å². The second-order valence-corrected chi connectivity index (χ2v) is 3.89. The van der Waals surface area contributed by atoms with E-state index in [0.29, 0.717) is 30.6 Å². The van der Waals surface area contributed by atoms with Gasteiger partial charge in [-0.1, -0.05) is 0 Å². The second-order valence-electron chi connectivity index (χ2n) is 3.89. The lowest BCUT2D eigenvalue weighted by Crippen LogP contribution is -2.26. The summed E-state index contributed by atoms with van der Waals surface area (Å²) < 4.78 is 13.7. The van der Waals surface area contributed by atoms with Gasteiger partial charge in [-0.05, 0) is 37.5 Å². The summed E-state index contributed by atoms with van der Waals surface area (Å²) in [7, 11) is 0. The SMILES string of the molecule is Cc1cc(N)cc(C(=O)NCCCCO)c1F. The van der Waals surface area contributed by atoms with Crippen LogP contribution < -0.4 is 11.1 Å². The number of unbranched alkanes of at least 4 members (excludes halogenated alkanes) is 1. The topological polar surface area (TPSA) is 75.4 Å². The zero-order chi connectivity index (χ0) is 12.8. The molecule has 0 heterocycles. The van der Waals surface area contributed by atoms with Gasteiger partial charge in [-0.15, -0.1) is 0 Å². The molecular formula is C12H17FN2O2. The lowest BCUT2D eigenvalue weighted by Gasteiger charge is -2.08. The van der Waals surface area contributed by atoms with Gasteiger partial charge >= 0.3 is 0 Å². The molecule has 0 fully saturated rings. The zero-order valence-electron chi connectivity index (χ0n) is 9.79. The summed E-state index contributed by atoms with van der Waals surface area (Å²) in [6.45, 7) is 2.06. The van der Waals surface area contributed by atoms with Crippen molar-refractivity contribution in [2.24, 2.45) is 0 Å². The number of carbonyl (C=O) groups excluding carboxylic acids is 1. The van der Waals surface area contributed by atoms with Gasteiger partial charge in [0.05, 0.1) is 5.56 Å². The number of carbonyl (C=O) groups is 1. The van der Waals surface area contributed by atoms with E-state index in [9.17, 15) is 9.18 Å². The fraction of sp³-hybridized carbons (Fsp3) is 0.417. The van der Waals surface area contributed by atoms with Crippen molar-refractivity contribution in [3.05, 3.63) is 29.1 Å². The quantitative estimate of drug-likeness (QED) is 0.535. The second kappa shape index (κ2) is 6.20. The molecule has 0 unspecified atom stereocenters. The van der Waals surface area contributed by atoms with Gasteiger partial charge in [0.25, 0.3) is 5.91 Å². The molecule has 0 saturated heterocycles. The number of amides is 1. The van der Waals surface area contributed by atoms with Crippen LogP contribution in [0, 0.1) is 12.7 Å². The van der Waals surface area contributed by atoms with Crippen molar-refractivity contribution in [2.75, 3.05) is 18.9 Å². The third-order valence-electron chi connectivity index (χ3n) is 2.39. The van der Waals surface area contributed by atoms with Crippen molar-refractivity contribution in [2.45, 2.75) is 19.8 Å². The molecule has 4 N–H and O–H groups in total. The first-order chi connectivity index (χ1) is 8.06. The molecule has 4 nitrogen and oxygen atoms in total. The monoisotopic (exact) mass is 240 g/mol. The highest BCUT2D eigenvalue weighted by atomic mass is 19.1. The standard InChI is InChI=1S/C12H17FN2O2/c1-8-6-9(14)7-10(11(8)13)12(17)15-4-2-3-5-16/h6-7,16H,2-5,14H2,1H3,(H,15,17). The summed E-state index contributed by atoms with van der Waals surface area (Å²) in [5.41, 5.74) is 6.24. The van der Waals surface area contributed by atoms with Crippen molar-refractivity contribution < 1.29 is 14.3 Å². The van der Waals surface area contributed by atoms with Gasteiger partial charge in [0.1, 0.15) is 5.82 Å². The van der Waals surface area contributed by atoms with Crippen molar-refractivity contribution in [3.63, 3.8) is 0 Å². The molecule has 94 valence electrons. The molecule has 0 aliphatic carbocycles. The Morgan fingerprint density at radius 2 is 2.18 bits per heavy atom. The molecule has 1 aromatic carbocycles. The normalized spacial score (nSPS) is 10.3. The van der Waals surface area contributed by atoms with Crippen molar-refractivity contribution in [1.29, 1.82) is 0 Å². The lowest BCUT2D eigenvalue weighted by molar-refractivity contribution is 0.0948. The van der Waals surface area contributed by atoms with E-state index in [0.717, 1.165) is 0 Å². The summed E-state index contributed by atoms with van der Waals surface area (Å²) in [6.07, 6.45) is 1.27. The number of aliphatic hydroxyl groups is 1. The van der Waals surface area contributed by atoms with Gasteiger partial charge in [-0.25, -0.2) is 4.39 Å². The molecule has 1 rings (SSSR count). The molecule has 0 aliphatic heterocycles. The molecule has 0 aliphatic rings. The minimum absolute atomic E-state index is 0.0356. The highest BCUT2D eigenvalue weighted by Crippen LogP contribution is 2.16. The Kier molecular flexibility index (Phi) is 4.90. The van der Waals surface area contributed by atoms with Crippen LogP contribution in [0.4, 0.5) is 10.1 Å². The number of benzene rings is 1. The molecule has 0 atom stereocenters. The lowest BCUT2D eigenvalue weighted by atomic mass is 10.1. The van der Waals surface area contributed by atoms with Crippen LogP contribution in [0.15, 0.2) is 12.1 Å². The van der Waals surface area contributed by atoms with E-state index in [1.54, 1.807) is 6.92 Å². The highest BCUT2D eigenvalue weighted by molar-refractivity contribution is 5.95. The number of hydrogen-bond donors (Lipinski definition) is 3. The predicted octanol–water partition coefficient (Wildman–Crippen LogP) is 1.22. The van der Waals surface area contributed by atoms with Gasteiger partial charge in [0, 0.05) is 18.8 Å². The van der Waals surface area contributed by atoms with E-state index in [-0.39, 0.29) is 12.2 Å². The smallest absolute Gasteiger partial charge is 0.254 e. The van der Waals surface area contributed by atoms with Gasteiger partial charge in [-0.2, -0.15) is 0 Å². The van der Waals surface area contributed by atoms with E-state index in [4.69, 9.17) is 10.8 Å². The first-order valence-electron chi connectivity index (χ1n) is 5.51. The first-order valence-corrected chi connectivity index (χ1v) is 5.51. The van der Waals surface area contributed by atoms with Crippen molar-refractivity contribution in [3.8, 4) is 0 Å². The van der Waals surface area contributed by atoms with Gasteiger partial charge in [-0.3, -0.25) is 4.79 Å². The zero-order valence-corrected chi connectivity index (χ0v) is 9.79. The molecule has 17 heavy (non-hydrogen) atoms. The average molecular weight is 240 g/mol. The maximum atomic E-state index is 13.7. The summed E-state index contributed by atoms with van der Waals surface area (Å²) >= 11 is 0. The number of nitrogen functional groups attached to an aromatic ring is 1. The predicted molar refractivity (Wildman–Crippen MR) is 64.2 cm³/mol. The number of nitrogens with two attached hydrogens (primary N) is 1. The van der Waals surface area contributed by atoms with Crippen LogP contribution >= 0.6 is 0 Å². The van der Waals surface area contributed by atoms with E-state index < -0.39 is 11.7 Å². The van der Waals surface area contributed by atoms with Crippen molar-refractivity contribution in [1.82, 2.24) is 5.32 Å².